The van der Waals surface area contributed by atoms with Crippen LogP contribution in [0.2, 0.25) is 0 Å². The zero-order valence-corrected chi connectivity index (χ0v) is 23.4. The Labute approximate surface area is 227 Å². The zero-order chi connectivity index (χ0) is 27.6. The first kappa shape index (κ1) is 37.0. The predicted octanol–water partition coefficient (Wildman–Crippen LogP) is 0.362. The van der Waals surface area contributed by atoms with Crippen molar-refractivity contribution in [3.8, 4) is 0 Å². The maximum atomic E-state index is 10.8. The molecule has 0 amide bonds. The molecule has 0 radical (unpaired) electrons. The fourth-order valence-corrected chi connectivity index (χ4v) is 2.46. The Balaban J connectivity index is 3.03. The van der Waals surface area contributed by atoms with Gasteiger partial charge in [0.15, 0.2) is 0 Å². The molecule has 13 nitrogen and oxygen atoms in total. The summed E-state index contributed by atoms with van der Waals surface area (Å²) in [6, 6.07) is 0. The molecule has 0 heterocycles. The third-order valence-corrected chi connectivity index (χ3v) is 4.37. The Morgan fingerprint density at radius 2 is 0.579 bits per heavy atom. The second kappa shape index (κ2) is 34.1. The van der Waals surface area contributed by atoms with Gasteiger partial charge in [-0.05, 0) is 6.92 Å². The van der Waals surface area contributed by atoms with E-state index in [9.17, 15) is 4.79 Å². The fraction of sp³-hybridized carbons (Fsp3) is 0.960. The molecule has 13 heteroatoms. The van der Waals surface area contributed by atoms with Crippen LogP contribution in [0, 0.1) is 0 Å². The van der Waals surface area contributed by atoms with E-state index in [4.69, 9.17) is 52.1 Å². The summed E-state index contributed by atoms with van der Waals surface area (Å²) in [4.78, 5) is 10.8. The van der Waals surface area contributed by atoms with Crippen LogP contribution in [0.25, 0.3) is 0 Å². The van der Waals surface area contributed by atoms with E-state index < -0.39 is 5.97 Å². The lowest BCUT2D eigenvalue weighted by molar-refractivity contribution is -0.146. The van der Waals surface area contributed by atoms with Crippen molar-refractivity contribution in [2.24, 2.45) is 0 Å². The van der Waals surface area contributed by atoms with Gasteiger partial charge in [-0.25, -0.2) is 4.79 Å². The summed E-state index contributed by atoms with van der Waals surface area (Å²) in [6.45, 7) is 12.6. The first-order chi connectivity index (χ1) is 18.8. The van der Waals surface area contributed by atoms with Gasteiger partial charge >= 0.3 is 5.97 Å². The second-order valence-electron chi connectivity index (χ2n) is 7.34. The molecule has 38 heavy (non-hydrogen) atoms. The molecule has 0 aromatic rings. The van der Waals surface area contributed by atoms with Crippen LogP contribution in [-0.2, 0) is 61.6 Å². The lowest BCUT2D eigenvalue weighted by atomic mass is 10.6. The first-order valence-corrected chi connectivity index (χ1v) is 13.2. The Kier molecular flexibility index (Phi) is 33.2. The van der Waals surface area contributed by atoms with Gasteiger partial charge in [0.05, 0.1) is 139 Å². The summed E-state index contributed by atoms with van der Waals surface area (Å²) in [5.41, 5.74) is 0. The van der Waals surface area contributed by atoms with E-state index in [1.165, 1.54) is 7.11 Å². The van der Waals surface area contributed by atoms with E-state index >= 15 is 0 Å². The molecular weight excluding hydrogens is 508 g/mol. The van der Waals surface area contributed by atoms with Gasteiger partial charge in [0.2, 0.25) is 0 Å². The third-order valence-electron chi connectivity index (χ3n) is 4.37. The fourth-order valence-electron chi connectivity index (χ4n) is 2.46. The molecule has 0 aromatic carbocycles. The van der Waals surface area contributed by atoms with Crippen molar-refractivity contribution < 1.29 is 61.6 Å². The molecule has 0 aromatic heterocycles. The van der Waals surface area contributed by atoms with Crippen LogP contribution < -0.4 is 0 Å². The number of rotatable bonds is 33. The highest BCUT2D eigenvalue weighted by atomic mass is 16.6. The van der Waals surface area contributed by atoms with Gasteiger partial charge in [-0.2, -0.15) is 0 Å². The summed E-state index contributed by atoms with van der Waals surface area (Å²) in [7, 11) is 1.32. The molecule has 0 fully saturated rings. The highest BCUT2D eigenvalue weighted by Gasteiger charge is 1.99. The summed E-state index contributed by atoms with van der Waals surface area (Å²) in [5, 5.41) is 0. The number of ether oxygens (including phenoxy) is 12. The van der Waals surface area contributed by atoms with E-state index in [0.717, 1.165) is 0 Å². The highest BCUT2D eigenvalue weighted by molar-refractivity contribution is 5.70. The van der Waals surface area contributed by atoms with Gasteiger partial charge in [0.25, 0.3) is 0 Å². The Hall–Kier alpha value is -0.970. The largest absolute Gasteiger partial charge is 0.467 e. The Morgan fingerprint density at radius 1 is 0.368 bits per heavy atom. The smallest absolute Gasteiger partial charge is 0.331 e. The SMILES string of the molecule is CCOCCOCCOCCOCCOCCOCCOCCOCCOCCOCCOCC(=O)OC. The van der Waals surface area contributed by atoms with E-state index in [1.54, 1.807) is 0 Å². The number of carbonyl (C=O) groups is 1. The number of carbonyl (C=O) groups excluding carboxylic acids is 1. The van der Waals surface area contributed by atoms with Crippen molar-refractivity contribution in [1.29, 1.82) is 0 Å². The average molecular weight is 559 g/mol. The van der Waals surface area contributed by atoms with Crippen LogP contribution in [0.3, 0.4) is 0 Å². The molecule has 0 rings (SSSR count). The molecule has 0 bridgehead atoms. The van der Waals surface area contributed by atoms with Crippen molar-refractivity contribution in [1.82, 2.24) is 0 Å². The van der Waals surface area contributed by atoms with Crippen LogP contribution in [0.4, 0.5) is 0 Å². The van der Waals surface area contributed by atoms with Crippen LogP contribution in [0.1, 0.15) is 6.92 Å². The average Bonchev–Trinajstić information content (AvgIpc) is 2.93. The van der Waals surface area contributed by atoms with Gasteiger partial charge in [-0.15, -0.1) is 0 Å². The molecule has 0 saturated heterocycles. The van der Waals surface area contributed by atoms with Gasteiger partial charge < -0.3 is 56.8 Å². The molecule has 0 spiro atoms. The van der Waals surface area contributed by atoms with Gasteiger partial charge in [0.1, 0.15) is 6.61 Å². The number of esters is 1. The van der Waals surface area contributed by atoms with Crippen LogP contribution in [0.5, 0.6) is 0 Å². The van der Waals surface area contributed by atoms with Gasteiger partial charge in [0, 0.05) is 6.61 Å². The lowest BCUT2D eigenvalue weighted by Gasteiger charge is -2.09. The van der Waals surface area contributed by atoms with Gasteiger partial charge in [-0.3, -0.25) is 0 Å². The second-order valence-corrected chi connectivity index (χ2v) is 7.34. The minimum atomic E-state index is -0.406. The lowest BCUT2D eigenvalue weighted by Crippen LogP contribution is -2.16. The van der Waals surface area contributed by atoms with Crippen molar-refractivity contribution in [3.05, 3.63) is 0 Å². The Morgan fingerprint density at radius 3 is 0.789 bits per heavy atom. The summed E-state index contributed by atoms with van der Waals surface area (Å²) < 4.78 is 63.3. The molecule has 0 aliphatic rings. The summed E-state index contributed by atoms with van der Waals surface area (Å²) >= 11 is 0. The van der Waals surface area contributed by atoms with E-state index in [1.807, 2.05) is 6.92 Å². The molecule has 0 aliphatic carbocycles. The monoisotopic (exact) mass is 558 g/mol. The predicted molar refractivity (Wildman–Crippen MR) is 137 cm³/mol. The molecule has 0 atom stereocenters. The number of hydrogen-bond donors (Lipinski definition) is 0. The maximum absolute atomic E-state index is 10.8. The van der Waals surface area contributed by atoms with Crippen molar-refractivity contribution in [2.45, 2.75) is 6.92 Å². The van der Waals surface area contributed by atoms with E-state index in [2.05, 4.69) is 4.74 Å². The first-order valence-electron chi connectivity index (χ1n) is 13.2. The summed E-state index contributed by atoms with van der Waals surface area (Å²) in [6.07, 6.45) is 0. The minimum Gasteiger partial charge on any atom is -0.467 e. The molecule has 0 saturated carbocycles. The minimum absolute atomic E-state index is 0.0677. The van der Waals surface area contributed by atoms with Crippen molar-refractivity contribution >= 4 is 5.97 Å². The zero-order valence-electron chi connectivity index (χ0n) is 23.4. The van der Waals surface area contributed by atoms with Crippen LogP contribution in [0.15, 0.2) is 0 Å². The molecular formula is C25H50O13. The normalized spacial score (nSPS) is 11.3. The van der Waals surface area contributed by atoms with Crippen LogP contribution >= 0.6 is 0 Å². The molecule has 228 valence electrons. The highest BCUT2D eigenvalue weighted by Crippen LogP contribution is 1.87. The molecule has 0 unspecified atom stereocenters. The standard InChI is InChI=1S/C25H50O13/c1-3-28-4-5-29-6-7-30-8-9-31-10-11-32-12-13-33-14-15-34-16-17-35-18-19-36-20-21-37-22-23-38-24-25(26)27-2/h3-24H2,1-2H3. The molecule has 0 aliphatic heterocycles. The van der Waals surface area contributed by atoms with Crippen molar-refractivity contribution in [3.63, 3.8) is 0 Å². The molecule has 0 N–H and O–H groups in total. The van der Waals surface area contributed by atoms with Crippen LogP contribution in [-0.4, -0.2) is 158 Å². The topological polar surface area (TPSA) is 128 Å². The Bertz CT molecular complexity index is 457. The van der Waals surface area contributed by atoms with Crippen molar-refractivity contribution in [2.75, 3.05) is 152 Å². The van der Waals surface area contributed by atoms with E-state index in [0.29, 0.717) is 139 Å². The summed E-state index contributed by atoms with van der Waals surface area (Å²) in [5.74, 6) is -0.406. The van der Waals surface area contributed by atoms with E-state index in [-0.39, 0.29) is 6.61 Å². The quantitative estimate of drug-likeness (QED) is 0.0813. The number of hydrogen-bond acceptors (Lipinski definition) is 13. The van der Waals surface area contributed by atoms with Gasteiger partial charge in [-0.1, -0.05) is 0 Å². The maximum Gasteiger partial charge on any atom is 0.331 e. The third kappa shape index (κ3) is 33.1. The number of methoxy groups -OCH3 is 1.